The number of carbonyl (C=O) groups is 2. The minimum atomic E-state index is -1.29. The van der Waals surface area contributed by atoms with Gasteiger partial charge in [0, 0.05) is 24.8 Å². The van der Waals surface area contributed by atoms with Crippen LogP contribution in [0.15, 0.2) is 22.7 Å². The van der Waals surface area contributed by atoms with Gasteiger partial charge in [0.25, 0.3) is 5.69 Å². The molecule has 1 aromatic carbocycles. The van der Waals surface area contributed by atoms with Crippen LogP contribution in [0.5, 0.6) is 0 Å². The third-order valence-corrected chi connectivity index (χ3v) is 3.09. The number of aliphatic hydroxyl groups excluding tert-OH is 1. The van der Waals surface area contributed by atoms with Crippen LogP contribution in [-0.2, 0) is 4.79 Å². The number of amides is 2. The quantitative estimate of drug-likeness (QED) is 0.444. The van der Waals surface area contributed by atoms with Crippen LogP contribution in [0.25, 0.3) is 0 Å². The van der Waals surface area contributed by atoms with Gasteiger partial charge in [0.15, 0.2) is 0 Å². The SMILES string of the molecule is O=C(Nc1ccc(Br)c([N+](=O)[O-])c1)NC(CCO)C(=O)O. The van der Waals surface area contributed by atoms with Crippen molar-refractivity contribution in [3.63, 3.8) is 0 Å². The molecule has 0 aliphatic carbocycles. The molecule has 0 aromatic heterocycles. The predicted molar refractivity (Wildman–Crippen MR) is 76.1 cm³/mol. The van der Waals surface area contributed by atoms with Gasteiger partial charge in [-0.15, -0.1) is 0 Å². The number of benzene rings is 1. The second kappa shape index (κ2) is 7.55. The number of nitrogens with zero attached hydrogens (tertiary/aromatic N) is 1. The summed E-state index contributed by atoms with van der Waals surface area (Å²) in [5.74, 6) is -1.29. The Morgan fingerprint density at radius 2 is 2.10 bits per heavy atom. The van der Waals surface area contributed by atoms with Crippen LogP contribution in [0.3, 0.4) is 0 Å². The van der Waals surface area contributed by atoms with E-state index in [1.165, 1.54) is 12.1 Å². The van der Waals surface area contributed by atoms with E-state index in [2.05, 4.69) is 26.6 Å². The number of aliphatic hydroxyl groups is 1. The number of carbonyl (C=O) groups excluding carboxylic acids is 1. The number of halogens is 1. The average molecular weight is 362 g/mol. The molecular weight excluding hydrogens is 350 g/mol. The average Bonchev–Trinajstić information content (AvgIpc) is 2.40. The van der Waals surface area contributed by atoms with Crippen molar-refractivity contribution in [3.05, 3.63) is 32.8 Å². The zero-order valence-corrected chi connectivity index (χ0v) is 12.2. The maximum atomic E-state index is 11.6. The molecule has 0 saturated carbocycles. The molecule has 1 aromatic rings. The summed E-state index contributed by atoms with van der Waals surface area (Å²) in [4.78, 5) is 32.6. The largest absolute Gasteiger partial charge is 0.480 e. The first-order chi connectivity index (χ1) is 9.85. The van der Waals surface area contributed by atoms with Gasteiger partial charge in [0.2, 0.25) is 0 Å². The Kier molecular flexibility index (Phi) is 6.06. The molecule has 4 N–H and O–H groups in total. The van der Waals surface area contributed by atoms with E-state index in [1.807, 2.05) is 0 Å². The minimum absolute atomic E-state index is 0.135. The molecule has 0 heterocycles. The highest BCUT2D eigenvalue weighted by Crippen LogP contribution is 2.27. The first kappa shape index (κ1) is 16.9. The summed E-state index contributed by atoms with van der Waals surface area (Å²) in [5.41, 5.74) is -0.103. The molecule has 0 fully saturated rings. The van der Waals surface area contributed by atoms with Gasteiger partial charge in [-0.1, -0.05) is 0 Å². The summed E-state index contributed by atoms with van der Waals surface area (Å²) in [6, 6.07) is 1.84. The van der Waals surface area contributed by atoms with E-state index in [9.17, 15) is 19.7 Å². The maximum Gasteiger partial charge on any atom is 0.326 e. The molecule has 114 valence electrons. The highest BCUT2D eigenvalue weighted by molar-refractivity contribution is 9.10. The molecule has 0 saturated heterocycles. The van der Waals surface area contributed by atoms with Crippen molar-refractivity contribution in [1.29, 1.82) is 0 Å². The van der Waals surface area contributed by atoms with E-state index in [0.29, 0.717) is 0 Å². The standard InChI is InChI=1S/C11H12BrN3O6/c12-7-2-1-6(5-9(7)15(20)21)13-11(19)14-8(3-4-16)10(17)18/h1-2,5,8,16H,3-4H2,(H,17,18)(H2,13,14,19). The van der Waals surface area contributed by atoms with E-state index < -0.39 is 29.6 Å². The molecule has 0 radical (unpaired) electrons. The highest BCUT2D eigenvalue weighted by Gasteiger charge is 2.20. The Morgan fingerprint density at radius 3 is 2.62 bits per heavy atom. The number of aliphatic carboxylic acids is 1. The molecule has 9 nitrogen and oxygen atoms in total. The van der Waals surface area contributed by atoms with Crippen LogP contribution >= 0.6 is 15.9 Å². The van der Waals surface area contributed by atoms with Crippen molar-refractivity contribution in [2.24, 2.45) is 0 Å². The monoisotopic (exact) mass is 361 g/mol. The van der Waals surface area contributed by atoms with Crippen molar-refractivity contribution in [1.82, 2.24) is 5.32 Å². The normalized spacial score (nSPS) is 11.5. The van der Waals surface area contributed by atoms with Crippen molar-refractivity contribution in [3.8, 4) is 0 Å². The molecule has 1 unspecified atom stereocenters. The molecule has 0 bridgehead atoms. The number of rotatable bonds is 6. The Bertz CT molecular complexity index is 565. The number of nitro groups is 1. The molecule has 0 aliphatic heterocycles. The second-order valence-electron chi connectivity index (χ2n) is 3.92. The lowest BCUT2D eigenvalue weighted by atomic mass is 10.2. The van der Waals surface area contributed by atoms with Gasteiger partial charge in [0.05, 0.1) is 9.40 Å². The lowest BCUT2D eigenvalue weighted by Crippen LogP contribution is -2.43. The van der Waals surface area contributed by atoms with Gasteiger partial charge in [-0.25, -0.2) is 9.59 Å². The molecule has 21 heavy (non-hydrogen) atoms. The van der Waals surface area contributed by atoms with Crippen LogP contribution in [0, 0.1) is 10.1 Å². The summed E-state index contributed by atoms with van der Waals surface area (Å²) in [6.45, 7) is -0.402. The van der Waals surface area contributed by atoms with Crippen LogP contribution in [0.4, 0.5) is 16.2 Å². The molecule has 0 spiro atoms. The minimum Gasteiger partial charge on any atom is -0.480 e. The van der Waals surface area contributed by atoms with Crippen LogP contribution in [-0.4, -0.2) is 39.8 Å². The first-order valence-electron chi connectivity index (χ1n) is 5.70. The molecular formula is C11H12BrN3O6. The Hall–Kier alpha value is -2.20. The third-order valence-electron chi connectivity index (χ3n) is 2.42. The number of carboxylic acid groups (broad SMARTS) is 1. The van der Waals surface area contributed by atoms with Gasteiger partial charge in [0.1, 0.15) is 6.04 Å². The third kappa shape index (κ3) is 5.00. The number of carboxylic acids is 1. The van der Waals surface area contributed by atoms with Crippen molar-refractivity contribution in [2.45, 2.75) is 12.5 Å². The Labute approximate surface area is 127 Å². The Balaban J connectivity index is 2.77. The van der Waals surface area contributed by atoms with E-state index in [-0.39, 0.29) is 22.3 Å². The van der Waals surface area contributed by atoms with E-state index in [1.54, 1.807) is 0 Å². The Morgan fingerprint density at radius 1 is 1.43 bits per heavy atom. The van der Waals surface area contributed by atoms with Gasteiger partial charge >= 0.3 is 12.0 Å². The van der Waals surface area contributed by atoms with Gasteiger partial charge < -0.3 is 20.8 Å². The summed E-state index contributed by atoms with van der Waals surface area (Å²) in [5, 5.41) is 32.7. The molecule has 0 aliphatic rings. The van der Waals surface area contributed by atoms with Crippen LogP contribution < -0.4 is 10.6 Å². The smallest absolute Gasteiger partial charge is 0.326 e. The lowest BCUT2D eigenvalue weighted by Gasteiger charge is -2.14. The fourth-order valence-corrected chi connectivity index (χ4v) is 1.83. The fourth-order valence-electron chi connectivity index (χ4n) is 1.44. The fraction of sp³-hybridized carbons (Fsp3) is 0.273. The number of nitro benzene ring substituents is 1. The molecule has 1 rings (SSSR count). The van der Waals surface area contributed by atoms with Crippen molar-refractivity contribution < 1.29 is 24.7 Å². The topological polar surface area (TPSA) is 142 Å². The maximum absolute atomic E-state index is 11.6. The number of anilines is 1. The predicted octanol–water partition coefficient (Wildman–Crippen LogP) is 1.31. The first-order valence-corrected chi connectivity index (χ1v) is 6.49. The summed E-state index contributed by atoms with van der Waals surface area (Å²) >= 11 is 3.00. The summed E-state index contributed by atoms with van der Waals surface area (Å²) < 4.78 is 0.252. The molecule has 1 atom stereocenters. The molecule has 10 heteroatoms. The molecule has 2 amide bonds. The van der Waals surface area contributed by atoms with E-state index in [4.69, 9.17) is 10.2 Å². The van der Waals surface area contributed by atoms with Gasteiger partial charge in [-0.2, -0.15) is 0 Å². The summed E-state index contributed by atoms with van der Waals surface area (Å²) in [7, 11) is 0. The van der Waals surface area contributed by atoms with Gasteiger partial charge in [-0.3, -0.25) is 10.1 Å². The van der Waals surface area contributed by atoms with Crippen molar-refractivity contribution >= 4 is 39.3 Å². The number of hydrogen-bond acceptors (Lipinski definition) is 5. The zero-order valence-electron chi connectivity index (χ0n) is 10.6. The second-order valence-corrected chi connectivity index (χ2v) is 4.78. The zero-order chi connectivity index (χ0) is 16.0. The van der Waals surface area contributed by atoms with E-state index >= 15 is 0 Å². The number of nitrogens with one attached hydrogen (secondary N) is 2. The van der Waals surface area contributed by atoms with Crippen LogP contribution in [0.1, 0.15) is 6.42 Å². The summed E-state index contributed by atoms with van der Waals surface area (Å²) in [6.07, 6.45) is -0.150. The van der Waals surface area contributed by atoms with Crippen molar-refractivity contribution in [2.75, 3.05) is 11.9 Å². The lowest BCUT2D eigenvalue weighted by molar-refractivity contribution is -0.385. The van der Waals surface area contributed by atoms with Crippen LogP contribution in [0.2, 0.25) is 0 Å². The number of hydrogen-bond donors (Lipinski definition) is 4. The highest BCUT2D eigenvalue weighted by atomic mass is 79.9. The number of urea groups is 1. The van der Waals surface area contributed by atoms with Gasteiger partial charge in [-0.05, 0) is 28.1 Å². The van der Waals surface area contributed by atoms with E-state index in [0.717, 1.165) is 6.07 Å².